The minimum Gasteiger partial charge on any atom is -0.496 e. The van der Waals surface area contributed by atoms with E-state index in [4.69, 9.17) is 4.74 Å². The topological polar surface area (TPSA) is 21.3 Å². The summed E-state index contributed by atoms with van der Waals surface area (Å²) in [7, 11) is 1.72. The lowest BCUT2D eigenvalue weighted by Gasteiger charge is -2.19. The molecule has 0 aliphatic carbocycles. The van der Waals surface area contributed by atoms with Gasteiger partial charge in [-0.05, 0) is 57.7 Å². The zero-order valence-electron chi connectivity index (χ0n) is 11.9. The van der Waals surface area contributed by atoms with Crippen molar-refractivity contribution in [3.05, 3.63) is 63.6 Å². The largest absolute Gasteiger partial charge is 0.496 e. The molecule has 0 bridgehead atoms. The Morgan fingerprint density at radius 1 is 1.19 bits per heavy atom. The highest BCUT2D eigenvalue weighted by Gasteiger charge is 2.21. The molecule has 0 saturated carbocycles. The minimum absolute atomic E-state index is 0. The van der Waals surface area contributed by atoms with Gasteiger partial charge in [0, 0.05) is 12.5 Å². The number of methoxy groups -OCH3 is 1. The van der Waals surface area contributed by atoms with Crippen LogP contribution in [0.2, 0.25) is 0 Å². The third-order valence-electron chi connectivity index (χ3n) is 3.91. The zero-order valence-corrected chi connectivity index (χ0v) is 14.3. The summed E-state index contributed by atoms with van der Waals surface area (Å²) < 4.78 is 6.50. The lowest BCUT2D eigenvalue weighted by molar-refractivity contribution is 0.411. The van der Waals surface area contributed by atoms with Crippen LogP contribution in [0, 0.1) is 0 Å². The first kappa shape index (κ1) is 16.3. The fourth-order valence-corrected chi connectivity index (χ4v) is 3.42. The molecule has 0 radical (unpaired) electrons. The van der Waals surface area contributed by atoms with Gasteiger partial charge in [0.15, 0.2) is 0 Å². The molecular weight excluding hydrogens is 350 g/mol. The number of fused-ring (bicyclic) bond motifs is 1. The maximum Gasteiger partial charge on any atom is 0.133 e. The number of nitrogens with one attached hydrogen (secondary N) is 1. The highest BCUT2D eigenvalue weighted by molar-refractivity contribution is 9.10. The Morgan fingerprint density at radius 2 is 1.95 bits per heavy atom. The molecule has 0 aromatic heterocycles. The summed E-state index contributed by atoms with van der Waals surface area (Å²) >= 11 is 3.59. The van der Waals surface area contributed by atoms with Crippen molar-refractivity contribution < 1.29 is 4.74 Å². The van der Waals surface area contributed by atoms with E-state index in [1.807, 2.05) is 0 Å². The van der Waals surface area contributed by atoms with Crippen molar-refractivity contribution in [2.24, 2.45) is 0 Å². The Labute approximate surface area is 140 Å². The Balaban J connectivity index is 0.00000161. The molecule has 1 N–H and O–H groups in total. The van der Waals surface area contributed by atoms with E-state index in [0.717, 1.165) is 29.7 Å². The van der Waals surface area contributed by atoms with Gasteiger partial charge in [-0.15, -0.1) is 12.4 Å². The molecule has 2 nitrogen and oxygen atoms in total. The number of hydrogen-bond donors (Lipinski definition) is 1. The molecule has 112 valence electrons. The smallest absolute Gasteiger partial charge is 0.133 e. The number of halogens is 2. The van der Waals surface area contributed by atoms with Gasteiger partial charge in [0.05, 0.1) is 11.6 Å². The van der Waals surface area contributed by atoms with Gasteiger partial charge in [0.2, 0.25) is 0 Å². The van der Waals surface area contributed by atoms with Crippen molar-refractivity contribution in [1.82, 2.24) is 5.32 Å². The number of benzene rings is 2. The fraction of sp³-hybridized carbons (Fsp3) is 0.294. The molecule has 21 heavy (non-hydrogen) atoms. The van der Waals surface area contributed by atoms with Gasteiger partial charge >= 0.3 is 0 Å². The Hall–Kier alpha value is -1.03. The Kier molecular flexibility index (Phi) is 5.68. The summed E-state index contributed by atoms with van der Waals surface area (Å²) in [4.78, 5) is 0. The molecule has 1 atom stereocenters. The third-order valence-corrected chi connectivity index (χ3v) is 4.53. The van der Waals surface area contributed by atoms with Crippen LogP contribution in [0.25, 0.3) is 0 Å². The van der Waals surface area contributed by atoms with E-state index in [-0.39, 0.29) is 12.4 Å². The SMILES string of the molecule is COc1cc2c(cc1Br)CCNCC2c1ccccc1.Cl. The summed E-state index contributed by atoms with van der Waals surface area (Å²) in [5.74, 6) is 1.29. The summed E-state index contributed by atoms with van der Waals surface area (Å²) in [5.41, 5.74) is 4.13. The molecule has 3 rings (SSSR count). The highest BCUT2D eigenvalue weighted by atomic mass is 79.9. The first-order valence-corrected chi connectivity index (χ1v) is 7.71. The van der Waals surface area contributed by atoms with E-state index in [2.05, 4.69) is 63.7 Å². The van der Waals surface area contributed by atoms with Gasteiger partial charge in [0.25, 0.3) is 0 Å². The van der Waals surface area contributed by atoms with Gasteiger partial charge in [-0.1, -0.05) is 30.3 Å². The molecule has 2 aromatic rings. The van der Waals surface area contributed by atoms with Crippen molar-refractivity contribution >= 4 is 28.3 Å². The monoisotopic (exact) mass is 367 g/mol. The first-order chi connectivity index (χ1) is 9.79. The molecule has 1 heterocycles. The second-order valence-electron chi connectivity index (χ2n) is 5.10. The van der Waals surface area contributed by atoms with Crippen molar-refractivity contribution in [3.63, 3.8) is 0 Å². The van der Waals surface area contributed by atoms with E-state index in [9.17, 15) is 0 Å². The second kappa shape index (κ2) is 7.30. The van der Waals surface area contributed by atoms with Gasteiger partial charge in [-0.2, -0.15) is 0 Å². The Bertz CT molecular complexity index is 603. The van der Waals surface area contributed by atoms with Gasteiger partial charge in [-0.25, -0.2) is 0 Å². The maximum absolute atomic E-state index is 5.47. The molecular formula is C17H19BrClNO. The average molecular weight is 369 g/mol. The summed E-state index contributed by atoms with van der Waals surface area (Å²) in [6, 6.07) is 15.1. The predicted molar refractivity (Wildman–Crippen MR) is 92.8 cm³/mol. The van der Waals surface area contributed by atoms with Crippen LogP contribution in [0.4, 0.5) is 0 Å². The predicted octanol–water partition coefficient (Wildman–Crippen LogP) is 4.16. The van der Waals surface area contributed by atoms with Crippen LogP contribution in [0.3, 0.4) is 0 Å². The van der Waals surface area contributed by atoms with E-state index in [1.165, 1.54) is 16.7 Å². The summed E-state index contributed by atoms with van der Waals surface area (Å²) in [6.07, 6.45) is 1.06. The number of ether oxygens (including phenoxy) is 1. The molecule has 0 amide bonds. The van der Waals surface area contributed by atoms with E-state index in [0.29, 0.717) is 5.92 Å². The molecule has 2 aromatic carbocycles. The number of hydrogen-bond acceptors (Lipinski definition) is 2. The average Bonchev–Trinajstić information content (AvgIpc) is 2.69. The van der Waals surface area contributed by atoms with Gasteiger partial charge < -0.3 is 10.1 Å². The maximum atomic E-state index is 5.47. The molecule has 1 unspecified atom stereocenters. The van der Waals surface area contributed by atoms with E-state index in [1.54, 1.807) is 7.11 Å². The summed E-state index contributed by atoms with van der Waals surface area (Å²) in [6.45, 7) is 2.00. The molecule has 1 aliphatic heterocycles. The standard InChI is InChI=1S/C17H18BrNO.ClH/c1-20-17-10-14-13(9-16(17)18)7-8-19-11-15(14)12-5-3-2-4-6-12;/h2-6,9-10,15,19H,7-8,11H2,1H3;1H. The molecule has 0 fully saturated rings. The van der Waals surface area contributed by atoms with Crippen molar-refractivity contribution in [2.45, 2.75) is 12.3 Å². The van der Waals surface area contributed by atoms with Crippen LogP contribution in [0.1, 0.15) is 22.6 Å². The Morgan fingerprint density at radius 3 is 2.67 bits per heavy atom. The molecule has 4 heteroatoms. The quantitative estimate of drug-likeness (QED) is 0.859. The third kappa shape index (κ3) is 3.42. The first-order valence-electron chi connectivity index (χ1n) is 6.91. The molecule has 0 saturated heterocycles. The van der Waals surface area contributed by atoms with Crippen molar-refractivity contribution in [2.75, 3.05) is 20.2 Å². The van der Waals surface area contributed by atoms with Crippen molar-refractivity contribution in [3.8, 4) is 5.75 Å². The van der Waals surface area contributed by atoms with Crippen molar-refractivity contribution in [1.29, 1.82) is 0 Å². The normalized spacial score (nSPS) is 17.3. The van der Waals surface area contributed by atoms with E-state index >= 15 is 0 Å². The summed E-state index contributed by atoms with van der Waals surface area (Å²) in [5, 5.41) is 3.54. The zero-order chi connectivity index (χ0) is 13.9. The lowest BCUT2D eigenvalue weighted by atomic mass is 9.88. The molecule has 1 aliphatic rings. The van der Waals surface area contributed by atoms with Crippen LogP contribution in [-0.4, -0.2) is 20.2 Å². The second-order valence-corrected chi connectivity index (χ2v) is 5.96. The minimum atomic E-state index is 0. The highest BCUT2D eigenvalue weighted by Crippen LogP contribution is 2.36. The number of rotatable bonds is 2. The van der Waals surface area contributed by atoms with Crippen LogP contribution in [-0.2, 0) is 6.42 Å². The lowest BCUT2D eigenvalue weighted by Crippen LogP contribution is -2.20. The van der Waals surface area contributed by atoms with Crippen LogP contribution in [0.15, 0.2) is 46.9 Å². The van der Waals surface area contributed by atoms with Gasteiger partial charge in [0.1, 0.15) is 5.75 Å². The van der Waals surface area contributed by atoms with Crippen LogP contribution < -0.4 is 10.1 Å². The van der Waals surface area contributed by atoms with Gasteiger partial charge in [-0.3, -0.25) is 0 Å². The van der Waals surface area contributed by atoms with Crippen LogP contribution in [0.5, 0.6) is 5.75 Å². The van der Waals surface area contributed by atoms with E-state index < -0.39 is 0 Å². The van der Waals surface area contributed by atoms with Crippen LogP contribution >= 0.6 is 28.3 Å². The fourth-order valence-electron chi connectivity index (χ4n) is 2.87. The molecule has 0 spiro atoms.